The number of hydrogen-bond donors (Lipinski definition) is 1. The van der Waals surface area contributed by atoms with E-state index in [1.54, 1.807) is 20.8 Å². The lowest BCUT2D eigenvalue weighted by Gasteiger charge is -2.49. The number of carbonyl (C=O) groups is 3. The van der Waals surface area contributed by atoms with Gasteiger partial charge in [-0.15, -0.1) is 0 Å². The second-order valence-electron chi connectivity index (χ2n) is 9.20. The summed E-state index contributed by atoms with van der Waals surface area (Å²) in [6, 6.07) is -1.96. The predicted octanol–water partition coefficient (Wildman–Crippen LogP) is 2.30. The molecule has 2 aliphatic heterocycles. The van der Waals surface area contributed by atoms with Crippen molar-refractivity contribution in [1.82, 2.24) is 10.2 Å². The zero-order valence-electron chi connectivity index (χ0n) is 18.3. The Morgan fingerprint density at radius 3 is 2.03 bits per heavy atom. The number of fused-ring (bicyclic) bond motifs is 1. The molecule has 2 aliphatic rings. The van der Waals surface area contributed by atoms with E-state index in [9.17, 15) is 36.0 Å². The lowest BCUT2D eigenvalue weighted by atomic mass is 9.86. The molecule has 10 nitrogen and oxygen atoms in total. The number of nitrogens with one attached hydrogen (secondary N) is 1. The summed E-state index contributed by atoms with van der Waals surface area (Å²) < 4.78 is 75.8. The van der Waals surface area contributed by atoms with Crippen molar-refractivity contribution in [2.75, 3.05) is 0 Å². The second kappa shape index (κ2) is 8.12. The van der Waals surface area contributed by atoms with Gasteiger partial charge < -0.3 is 19.0 Å². The Bertz CT molecular complexity index is 945. The smallest absolute Gasteiger partial charge is 0.455 e. The number of nitrogens with zero attached hydrogens (tertiary/aromatic N) is 1. The Morgan fingerprint density at radius 2 is 1.56 bits per heavy atom. The molecule has 1 N–H and O–H groups in total. The van der Waals surface area contributed by atoms with Gasteiger partial charge in [0.15, 0.2) is 11.5 Å². The molecule has 0 aromatic rings. The van der Waals surface area contributed by atoms with Crippen molar-refractivity contribution < 1.29 is 49.6 Å². The number of β-lactam (4-membered cyclic amide) rings is 1. The molecule has 14 heteroatoms. The van der Waals surface area contributed by atoms with E-state index in [1.165, 1.54) is 20.8 Å². The molecule has 0 saturated carbocycles. The van der Waals surface area contributed by atoms with Crippen molar-refractivity contribution in [3.8, 4) is 0 Å². The van der Waals surface area contributed by atoms with Gasteiger partial charge in [0.05, 0.1) is 6.04 Å². The minimum absolute atomic E-state index is 0.0821. The highest BCUT2D eigenvalue weighted by atomic mass is 32.2. The number of alkyl carbamates (subject to hydrolysis) is 1. The van der Waals surface area contributed by atoms with Gasteiger partial charge in [0.25, 0.3) is 5.91 Å². The standard InChI is InChI=1S/C18H25F3N2O8S/c1-16(2,3)29-14(25)12-10(31-32(27,28)18(19,20)21)8-7-9-11(13(24)23(9)12)22-15(26)30-17(4,5)6/h9,11H,7-8H2,1-6H3,(H,22,26)/t9-,11+/m1/s1. The van der Waals surface area contributed by atoms with Crippen molar-refractivity contribution in [3.05, 3.63) is 11.5 Å². The molecule has 2 rings (SSSR count). The SMILES string of the molecule is CC(C)(C)OC(=O)N[C@@H]1C(=O)N2C(C(=O)OC(C)(C)C)=C(OS(=O)(=O)C(F)(F)F)CC[C@H]12. The van der Waals surface area contributed by atoms with Crippen molar-refractivity contribution in [2.45, 2.75) is 83.2 Å². The van der Waals surface area contributed by atoms with Gasteiger partial charge in [0, 0.05) is 6.42 Å². The molecule has 32 heavy (non-hydrogen) atoms. The minimum atomic E-state index is -6.09. The molecule has 0 radical (unpaired) electrons. The second-order valence-corrected chi connectivity index (χ2v) is 10.7. The number of alkyl halides is 3. The summed E-state index contributed by atoms with van der Waals surface area (Å²) in [6.45, 7) is 9.25. The summed E-state index contributed by atoms with van der Waals surface area (Å²) in [5.41, 5.74) is -8.45. The maximum Gasteiger partial charge on any atom is 0.534 e. The Balaban J connectivity index is 2.37. The molecular formula is C18H25F3N2O8S. The van der Waals surface area contributed by atoms with Gasteiger partial charge in [0.2, 0.25) is 0 Å². The first kappa shape index (κ1) is 25.7. The van der Waals surface area contributed by atoms with Gasteiger partial charge in [-0.1, -0.05) is 0 Å². The molecule has 0 aromatic heterocycles. The molecule has 2 amide bonds. The number of ether oxygens (including phenoxy) is 2. The molecule has 1 fully saturated rings. The van der Waals surface area contributed by atoms with Crippen LogP contribution in [0.5, 0.6) is 0 Å². The monoisotopic (exact) mass is 486 g/mol. The third-order valence-corrected chi connectivity index (χ3v) is 5.14. The third-order valence-electron chi connectivity index (χ3n) is 4.15. The summed E-state index contributed by atoms with van der Waals surface area (Å²) in [5, 5.41) is 2.35. The number of allylic oxidation sites excluding steroid dienone is 1. The summed E-state index contributed by atoms with van der Waals surface area (Å²) in [6.07, 6.45) is -1.41. The zero-order chi connectivity index (χ0) is 24.9. The lowest BCUT2D eigenvalue weighted by Crippen LogP contribution is -2.72. The fourth-order valence-electron chi connectivity index (χ4n) is 3.04. The predicted molar refractivity (Wildman–Crippen MR) is 102 cm³/mol. The zero-order valence-corrected chi connectivity index (χ0v) is 19.1. The molecule has 0 spiro atoms. The number of rotatable bonds is 4. The highest BCUT2D eigenvalue weighted by Gasteiger charge is 2.57. The highest BCUT2D eigenvalue weighted by Crippen LogP contribution is 2.40. The largest absolute Gasteiger partial charge is 0.534 e. The lowest BCUT2D eigenvalue weighted by molar-refractivity contribution is -0.162. The molecule has 2 atom stereocenters. The number of hydrogen-bond acceptors (Lipinski definition) is 8. The Morgan fingerprint density at radius 1 is 1.03 bits per heavy atom. The third kappa shape index (κ3) is 5.64. The van der Waals surface area contributed by atoms with Gasteiger partial charge in [-0.05, 0) is 48.0 Å². The maximum absolute atomic E-state index is 12.8. The maximum atomic E-state index is 12.8. The molecular weight excluding hydrogens is 461 g/mol. The van der Waals surface area contributed by atoms with Crippen LogP contribution in [0.3, 0.4) is 0 Å². The fraction of sp³-hybridized carbons (Fsp3) is 0.722. The molecule has 182 valence electrons. The molecule has 2 heterocycles. The normalized spacial score (nSPS) is 22.0. The van der Waals surface area contributed by atoms with Crippen LogP contribution in [-0.2, 0) is 33.4 Å². The number of amides is 2. The van der Waals surface area contributed by atoms with Gasteiger partial charge in [-0.2, -0.15) is 21.6 Å². The summed E-state index contributed by atoms with van der Waals surface area (Å²) in [5.74, 6) is -2.96. The first-order valence-electron chi connectivity index (χ1n) is 9.53. The first-order chi connectivity index (χ1) is 14.2. The molecule has 0 unspecified atom stereocenters. The van der Waals surface area contributed by atoms with E-state index in [0.29, 0.717) is 0 Å². The van der Waals surface area contributed by atoms with Crippen LogP contribution in [0.4, 0.5) is 18.0 Å². The van der Waals surface area contributed by atoms with Gasteiger partial charge >= 0.3 is 27.7 Å². The van der Waals surface area contributed by atoms with Crippen LogP contribution in [0, 0.1) is 0 Å². The van der Waals surface area contributed by atoms with Crippen molar-refractivity contribution in [3.63, 3.8) is 0 Å². The topological polar surface area (TPSA) is 128 Å². The van der Waals surface area contributed by atoms with E-state index in [0.717, 1.165) is 4.90 Å². The van der Waals surface area contributed by atoms with E-state index >= 15 is 0 Å². The fourth-order valence-corrected chi connectivity index (χ4v) is 3.56. The van der Waals surface area contributed by atoms with E-state index in [1.807, 2.05) is 0 Å². The Hall–Kier alpha value is -2.51. The van der Waals surface area contributed by atoms with Crippen LogP contribution in [0.2, 0.25) is 0 Å². The van der Waals surface area contributed by atoms with Crippen LogP contribution in [-0.4, -0.2) is 60.1 Å². The van der Waals surface area contributed by atoms with Crippen LogP contribution >= 0.6 is 0 Å². The molecule has 0 aliphatic carbocycles. The average Bonchev–Trinajstić information content (AvgIpc) is 2.54. The van der Waals surface area contributed by atoms with Gasteiger partial charge in [-0.25, -0.2) is 9.59 Å². The molecule has 0 bridgehead atoms. The summed E-state index contributed by atoms with van der Waals surface area (Å²) in [7, 11) is -6.09. The number of esters is 1. The Labute approximate surface area is 183 Å². The van der Waals surface area contributed by atoms with E-state index in [2.05, 4.69) is 9.50 Å². The van der Waals surface area contributed by atoms with Crippen LogP contribution in [0.25, 0.3) is 0 Å². The van der Waals surface area contributed by atoms with E-state index < -0.39 is 74.8 Å². The Kier molecular flexibility index (Phi) is 6.53. The number of carbonyl (C=O) groups excluding carboxylic acids is 3. The molecule has 0 aromatic carbocycles. The average molecular weight is 486 g/mol. The number of halogens is 3. The van der Waals surface area contributed by atoms with Gasteiger partial charge in [-0.3, -0.25) is 9.69 Å². The van der Waals surface area contributed by atoms with Crippen LogP contribution in [0.1, 0.15) is 54.4 Å². The quantitative estimate of drug-likeness (QED) is 0.278. The van der Waals surface area contributed by atoms with Crippen LogP contribution in [0.15, 0.2) is 11.5 Å². The first-order valence-corrected chi connectivity index (χ1v) is 10.9. The minimum Gasteiger partial charge on any atom is -0.455 e. The van der Waals surface area contributed by atoms with Crippen molar-refractivity contribution in [2.24, 2.45) is 0 Å². The van der Waals surface area contributed by atoms with Gasteiger partial charge in [0.1, 0.15) is 17.2 Å². The van der Waals surface area contributed by atoms with Crippen LogP contribution < -0.4 is 5.32 Å². The van der Waals surface area contributed by atoms with Crippen molar-refractivity contribution in [1.29, 1.82) is 0 Å². The van der Waals surface area contributed by atoms with Crippen molar-refractivity contribution >= 4 is 28.1 Å². The summed E-state index contributed by atoms with van der Waals surface area (Å²) in [4.78, 5) is 38.1. The summed E-state index contributed by atoms with van der Waals surface area (Å²) >= 11 is 0. The van der Waals surface area contributed by atoms with E-state index in [4.69, 9.17) is 9.47 Å². The highest BCUT2D eigenvalue weighted by molar-refractivity contribution is 7.87. The van der Waals surface area contributed by atoms with E-state index in [-0.39, 0.29) is 6.42 Å². The molecule has 1 saturated heterocycles.